The normalized spacial score (nSPS) is 12.8. The van der Waals surface area contributed by atoms with Gasteiger partial charge in [-0.15, -0.1) is 12.6 Å². The Bertz CT molecular complexity index is 291. The molecule has 4 heteroatoms. The summed E-state index contributed by atoms with van der Waals surface area (Å²) in [6.45, 7) is 0.484. The second-order valence-corrected chi connectivity index (χ2v) is 3.30. The highest BCUT2D eigenvalue weighted by Crippen LogP contribution is 2.24. The maximum absolute atomic E-state index is 9.56. The molecule has 0 aromatic heterocycles. The minimum atomic E-state index is -0.559. The summed E-state index contributed by atoms with van der Waals surface area (Å²) in [5.74, 6) is 0.128. The fraction of sp³-hybridized carbons (Fsp3) is 0.333. The molecule has 0 aliphatic heterocycles. The van der Waals surface area contributed by atoms with Gasteiger partial charge in [0, 0.05) is 11.4 Å². The Morgan fingerprint density at radius 1 is 1.54 bits per heavy atom. The van der Waals surface area contributed by atoms with Crippen LogP contribution in [-0.2, 0) is 0 Å². The van der Waals surface area contributed by atoms with Crippen LogP contribution in [0, 0.1) is 0 Å². The molecular formula is C9H13NO2S. The Labute approximate surface area is 82.8 Å². The first-order chi connectivity index (χ1) is 6.15. The average molecular weight is 199 g/mol. The predicted molar refractivity (Wildman–Crippen MR) is 54.2 cm³/mol. The summed E-state index contributed by atoms with van der Waals surface area (Å²) in [7, 11) is 1.77. The highest BCUT2D eigenvalue weighted by molar-refractivity contribution is 7.80. The van der Waals surface area contributed by atoms with Crippen LogP contribution in [0.2, 0.25) is 0 Å². The van der Waals surface area contributed by atoms with Gasteiger partial charge in [-0.3, -0.25) is 0 Å². The Morgan fingerprint density at radius 2 is 2.23 bits per heavy atom. The molecule has 0 spiro atoms. The van der Waals surface area contributed by atoms with E-state index in [9.17, 15) is 10.2 Å². The fourth-order valence-electron chi connectivity index (χ4n) is 1.06. The van der Waals surface area contributed by atoms with Crippen LogP contribution in [0.4, 0.5) is 0 Å². The standard InChI is InChI=1S/C9H13NO2S/c1-10-5-8(12)6-2-3-7(11)9(13)4-6/h2-4,8,10-13H,5H2,1H3. The predicted octanol–water partition coefficient (Wildman–Crippen LogP) is 0.934. The molecule has 3 N–H and O–H groups in total. The molecule has 0 aliphatic rings. The van der Waals surface area contributed by atoms with Gasteiger partial charge in [-0.25, -0.2) is 0 Å². The van der Waals surface area contributed by atoms with Crippen molar-refractivity contribution in [3.8, 4) is 5.75 Å². The lowest BCUT2D eigenvalue weighted by atomic mass is 10.1. The van der Waals surface area contributed by atoms with Crippen molar-refractivity contribution in [1.82, 2.24) is 5.32 Å². The van der Waals surface area contributed by atoms with Crippen LogP contribution in [-0.4, -0.2) is 23.8 Å². The molecule has 0 saturated heterocycles. The minimum absolute atomic E-state index is 0.128. The van der Waals surface area contributed by atoms with Crippen molar-refractivity contribution in [2.75, 3.05) is 13.6 Å². The van der Waals surface area contributed by atoms with Crippen LogP contribution in [0.25, 0.3) is 0 Å². The van der Waals surface area contributed by atoms with Crippen LogP contribution in [0.3, 0.4) is 0 Å². The Hall–Kier alpha value is -0.710. The number of aliphatic hydroxyl groups is 1. The third-order valence-corrected chi connectivity index (χ3v) is 2.14. The summed E-state index contributed by atoms with van der Waals surface area (Å²) in [5, 5.41) is 21.6. The van der Waals surface area contributed by atoms with Gasteiger partial charge in [0.05, 0.1) is 6.10 Å². The number of phenolic OH excluding ortho intramolecular Hbond substituents is 1. The zero-order chi connectivity index (χ0) is 9.84. The van der Waals surface area contributed by atoms with E-state index in [-0.39, 0.29) is 5.75 Å². The van der Waals surface area contributed by atoms with Gasteiger partial charge < -0.3 is 15.5 Å². The summed E-state index contributed by atoms with van der Waals surface area (Å²) >= 11 is 4.05. The van der Waals surface area contributed by atoms with Crippen LogP contribution in [0.15, 0.2) is 23.1 Å². The molecule has 0 amide bonds. The van der Waals surface area contributed by atoms with Crippen LogP contribution >= 0.6 is 12.6 Å². The number of aromatic hydroxyl groups is 1. The summed E-state index contributed by atoms with van der Waals surface area (Å²) in [4.78, 5) is 0.479. The molecule has 72 valence electrons. The van der Waals surface area contributed by atoms with Crippen molar-refractivity contribution < 1.29 is 10.2 Å². The second kappa shape index (κ2) is 4.50. The molecule has 1 aromatic rings. The summed E-state index contributed by atoms with van der Waals surface area (Å²) in [6.07, 6.45) is -0.559. The number of hydrogen-bond acceptors (Lipinski definition) is 4. The monoisotopic (exact) mass is 199 g/mol. The molecule has 13 heavy (non-hydrogen) atoms. The minimum Gasteiger partial charge on any atom is -0.507 e. The maximum Gasteiger partial charge on any atom is 0.128 e. The van der Waals surface area contributed by atoms with E-state index in [0.717, 1.165) is 5.56 Å². The molecule has 0 fully saturated rings. The number of hydrogen-bond donors (Lipinski definition) is 4. The van der Waals surface area contributed by atoms with Gasteiger partial charge in [0.1, 0.15) is 5.75 Å². The van der Waals surface area contributed by atoms with E-state index in [0.29, 0.717) is 11.4 Å². The van der Waals surface area contributed by atoms with Crippen LogP contribution in [0.1, 0.15) is 11.7 Å². The zero-order valence-corrected chi connectivity index (χ0v) is 8.25. The maximum atomic E-state index is 9.56. The molecule has 1 aromatic carbocycles. The molecule has 3 nitrogen and oxygen atoms in total. The Balaban J connectivity index is 2.84. The van der Waals surface area contributed by atoms with Crippen molar-refractivity contribution in [2.45, 2.75) is 11.0 Å². The third kappa shape index (κ3) is 2.62. The van der Waals surface area contributed by atoms with Crippen molar-refractivity contribution in [2.24, 2.45) is 0 Å². The molecular weight excluding hydrogens is 186 g/mol. The molecule has 0 bridgehead atoms. The first-order valence-electron chi connectivity index (χ1n) is 3.99. The number of phenols is 1. The molecule has 0 radical (unpaired) electrons. The number of rotatable bonds is 3. The highest BCUT2D eigenvalue weighted by atomic mass is 32.1. The Kier molecular flexibility index (Phi) is 3.59. The first kappa shape index (κ1) is 10.4. The van der Waals surface area contributed by atoms with Gasteiger partial charge >= 0.3 is 0 Å². The molecule has 1 atom stereocenters. The van der Waals surface area contributed by atoms with Gasteiger partial charge in [-0.2, -0.15) is 0 Å². The number of thiol groups is 1. The van der Waals surface area contributed by atoms with E-state index in [1.165, 1.54) is 6.07 Å². The zero-order valence-electron chi connectivity index (χ0n) is 7.36. The number of likely N-dealkylation sites (N-methyl/N-ethyl adjacent to an activating group) is 1. The van der Waals surface area contributed by atoms with Gasteiger partial charge in [-0.1, -0.05) is 6.07 Å². The van der Waals surface area contributed by atoms with E-state index in [2.05, 4.69) is 17.9 Å². The quantitative estimate of drug-likeness (QED) is 0.548. The largest absolute Gasteiger partial charge is 0.507 e. The summed E-state index contributed by atoms with van der Waals surface area (Å²) in [5.41, 5.74) is 0.747. The van der Waals surface area contributed by atoms with Crippen molar-refractivity contribution in [3.05, 3.63) is 23.8 Å². The molecule has 1 rings (SSSR count). The van der Waals surface area contributed by atoms with Gasteiger partial charge in [0.15, 0.2) is 0 Å². The van der Waals surface area contributed by atoms with E-state index >= 15 is 0 Å². The number of nitrogens with one attached hydrogen (secondary N) is 1. The topological polar surface area (TPSA) is 52.5 Å². The van der Waals surface area contributed by atoms with E-state index in [1.54, 1.807) is 19.2 Å². The molecule has 1 unspecified atom stereocenters. The highest BCUT2D eigenvalue weighted by Gasteiger charge is 2.07. The SMILES string of the molecule is CNCC(O)c1ccc(O)c(S)c1. The molecule has 0 aliphatic carbocycles. The van der Waals surface area contributed by atoms with Gasteiger partial charge in [0.25, 0.3) is 0 Å². The van der Waals surface area contributed by atoms with Crippen molar-refractivity contribution >= 4 is 12.6 Å². The van der Waals surface area contributed by atoms with Crippen molar-refractivity contribution in [3.63, 3.8) is 0 Å². The van der Waals surface area contributed by atoms with E-state index in [1.807, 2.05) is 0 Å². The third-order valence-electron chi connectivity index (χ3n) is 1.78. The fourth-order valence-corrected chi connectivity index (χ4v) is 1.28. The van der Waals surface area contributed by atoms with Crippen LogP contribution in [0.5, 0.6) is 5.75 Å². The second-order valence-electron chi connectivity index (χ2n) is 2.82. The average Bonchev–Trinajstić information content (AvgIpc) is 2.10. The smallest absolute Gasteiger partial charge is 0.128 e. The van der Waals surface area contributed by atoms with Crippen molar-refractivity contribution in [1.29, 1.82) is 0 Å². The first-order valence-corrected chi connectivity index (χ1v) is 4.44. The lowest BCUT2D eigenvalue weighted by molar-refractivity contribution is 0.177. The lowest BCUT2D eigenvalue weighted by Crippen LogP contribution is -2.16. The summed E-state index contributed by atoms with van der Waals surface area (Å²) in [6, 6.07) is 4.86. The van der Waals surface area contributed by atoms with Crippen LogP contribution < -0.4 is 5.32 Å². The van der Waals surface area contributed by atoms with E-state index in [4.69, 9.17) is 0 Å². The molecule has 0 saturated carbocycles. The lowest BCUT2D eigenvalue weighted by Gasteiger charge is -2.10. The van der Waals surface area contributed by atoms with Gasteiger partial charge in [0.2, 0.25) is 0 Å². The van der Waals surface area contributed by atoms with Gasteiger partial charge in [-0.05, 0) is 24.7 Å². The molecule has 0 heterocycles. The Morgan fingerprint density at radius 3 is 2.77 bits per heavy atom. The number of aliphatic hydroxyl groups excluding tert-OH is 1. The van der Waals surface area contributed by atoms with E-state index < -0.39 is 6.10 Å². The number of benzene rings is 1. The summed E-state index contributed by atoms with van der Waals surface area (Å²) < 4.78 is 0.